The van der Waals surface area contributed by atoms with Gasteiger partial charge in [-0.15, -0.1) is 0 Å². The maximum Gasteiger partial charge on any atom is 0.312 e. The second kappa shape index (κ2) is 7.94. The molecule has 0 bridgehead atoms. The smallest absolute Gasteiger partial charge is 0.312 e. The molecule has 0 aliphatic carbocycles. The van der Waals surface area contributed by atoms with Crippen LogP contribution in [0.1, 0.15) is 25.3 Å². The van der Waals surface area contributed by atoms with Crippen LogP contribution < -0.4 is 0 Å². The Morgan fingerprint density at radius 1 is 1.56 bits per heavy atom. The molecule has 0 spiro atoms. The van der Waals surface area contributed by atoms with Crippen molar-refractivity contribution in [1.29, 1.82) is 5.26 Å². The Morgan fingerprint density at radius 2 is 2.28 bits per heavy atom. The van der Waals surface area contributed by atoms with Gasteiger partial charge in [0.05, 0.1) is 35.5 Å². The van der Waals surface area contributed by atoms with E-state index in [1.807, 2.05) is 0 Å². The fourth-order valence-electron chi connectivity index (χ4n) is 3.13. The fourth-order valence-corrected chi connectivity index (χ4v) is 3.36. The molecule has 4 atom stereocenters. The molecule has 0 fully saturated rings. The summed E-state index contributed by atoms with van der Waals surface area (Å²) in [5.41, 5.74) is 0.969. The molecular formula is C17H17N3O4S. The molecule has 1 aromatic carbocycles. The number of esters is 1. The van der Waals surface area contributed by atoms with E-state index in [2.05, 4.69) is 11.1 Å². The van der Waals surface area contributed by atoms with Gasteiger partial charge >= 0.3 is 5.97 Å². The highest BCUT2D eigenvalue weighted by molar-refractivity contribution is 7.79. The number of nitro benzene ring substituents is 1. The number of ether oxygens (including phenoxy) is 1. The Kier molecular flexibility index (Phi) is 5.93. The van der Waals surface area contributed by atoms with E-state index in [0.29, 0.717) is 11.3 Å². The number of rotatable bonds is 5. The highest BCUT2D eigenvalue weighted by Crippen LogP contribution is 2.40. The first kappa shape index (κ1) is 18.7. The number of non-ortho nitro benzene ring substituents is 1. The number of aliphatic imine (C=N–C) groups is 1. The molecule has 0 N–H and O–H groups in total. The third-order valence-electron chi connectivity index (χ3n) is 4.22. The van der Waals surface area contributed by atoms with Crippen LogP contribution in [0.5, 0.6) is 0 Å². The second-order valence-corrected chi connectivity index (χ2v) is 5.93. The average molecular weight is 359 g/mol. The number of carbonyl (C=O) groups is 1. The van der Waals surface area contributed by atoms with E-state index in [-0.39, 0.29) is 12.3 Å². The molecule has 1 aliphatic heterocycles. The van der Waals surface area contributed by atoms with Crippen LogP contribution in [0.15, 0.2) is 29.3 Å². The standard InChI is InChI=1S/C17H17N3O4S/c1-3-24-17(21)16-14(9-25)19-10(2)13(8-18)15(16)11-5-4-6-12(7-11)20(22)23/h4-7,9,13-16H,3H2,1-2H3. The van der Waals surface area contributed by atoms with Crippen molar-refractivity contribution in [1.82, 2.24) is 0 Å². The molecule has 1 aromatic rings. The van der Waals surface area contributed by atoms with E-state index in [0.717, 1.165) is 0 Å². The van der Waals surface area contributed by atoms with Crippen molar-refractivity contribution in [3.8, 4) is 6.07 Å². The predicted molar refractivity (Wildman–Crippen MR) is 95.6 cm³/mol. The van der Waals surface area contributed by atoms with Crippen molar-refractivity contribution in [3.63, 3.8) is 0 Å². The fraction of sp³-hybridized carbons (Fsp3) is 0.412. The van der Waals surface area contributed by atoms with Gasteiger partial charge in [-0.1, -0.05) is 24.4 Å². The van der Waals surface area contributed by atoms with E-state index in [1.54, 1.807) is 19.9 Å². The molecule has 0 radical (unpaired) electrons. The van der Waals surface area contributed by atoms with Crippen LogP contribution in [0.25, 0.3) is 0 Å². The van der Waals surface area contributed by atoms with Gasteiger partial charge in [-0.25, -0.2) is 0 Å². The van der Waals surface area contributed by atoms with Crippen LogP contribution in [-0.2, 0) is 9.53 Å². The maximum atomic E-state index is 12.5. The van der Waals surface area contributed by atoms with Crippen molar-refractivity contribution >= 4 is 35.0 Å². The minimum Gasteiger partial charge on any atom is -0.466 e. The van der Waals surface area contributed by atoms with Crippen molar-refractivity contribution in [3.05, 3.63) is 39.9 Å². The van der Waals surface area contributed by atoms with Gasteiger partial charge in [-0.2, -0.15) is 5.26 Å². The van der Waals surface area contributed by atoms with Gasteiger partial charge in [-0.3, -0.25) is 19.9 Å². The van der Waals surface area contributed by atoms with E-state index in [9.17, 15) is 20.2 Å². The summed E-state index contributed by atoms with van der Waals surface area (Å²) in [4.78, 5) is 27.5. The van der Waals surface area contributed by atoms with Gasteiger partial charge < -0.3 is 4.74 Å². The monoisotopic (exact) mass is 359 g/mol. The predicted octanol–water partition coefficient (Wildman–Crippen LogP) is 2.84. The van der Waals surface area contributed by atoms with Crippen LogP contribution in [0.3, 0.4) is 0 Å². The lowest BCUT2D eigenvalue weighted by Crippen LogP contribution is -2.43. The van der Waals surface area contributed by atoms with Crippen LogP contribution in [0.2, 0.25) is 0 Å². The number of carbonyl (C=O) groups excluding carboxylic acids is 1. The first-order valence-corrected chi connectivity index (χ1v) is 8.21. The maximum absolute atomic E-state index is 12.5. The summed E-state index contributed by atoms with van der Waals surface area (Å²) in [6.07, 6.45) is 0. The van der Waals surface area contributed by atoms with E-state index in [4.69, 9.17) is 17.0 Å². The van der Waals surface area contributed by atoms with Crippen molar-refractivity contribution in [2.45, 2.75) is 25.8 Å². The molecule has 1 heterocycles. The third-order valence-corrected chi connectivity index (χ3v) is 4.50. The Bertz CT molecular complexity index is 771. The zero-order chi connectivity index (χ0) is 18.6. The van der Waals surface area contributed by atoms with Gasteiger partial charge in [0, 0.05) is 29.1 Å². The summed E-state index contributed by atoms with van der Waals surface area (Å²) in [5.74, 6) is -2.62. The Hall–Kier alpha value is -2.66. The first-order chi connectivity index (χ1) is 11.9. The third kappa shape index (κ3) is 3.72. The normalized spacial score (nSPS) is 25.4. The van der Waals surface area contributed by atoms with E-state index < -0.39 is 34.7 Å². The molecule has 0 saturated heterocycles. The number of nitro groups is 1. The zero-order valence-electron chi connectivity index (χ0n) is 13.8. The largest absolute Gasteiger partial charge is 0.466 e. The van der Waals surface area contributed by atoms with Gasteiger partial charge in [-0.05, 0) is 19.4 Å². The van der Waals surface area contributed by atoms with Crippen molar-refractivity contribution < 1.29 is 14.5 Å². The summed E-state index contributed by atoms with van der Waals surface area (Å²) in [6, 6.07) is 7.51. The lowest BCUT2D eigenvalue weighted by atomic mass is 9.70. The first-order valence-electron chi connectivity index (χ1n) is 7.74. The Morgan fingerprint density at radius 3 is 2.84 bits per heavy atom. The minimum atomic E-state index is -0.798. The highest BCUT2D eigenvalue weighted by atomic mass is 32.1. The SMILES string of the molecule is CCOC(=O)C1C(C=S)N=C(C)C(C#N)C1c1cccc([N+](=O)[O-])c1. The lowest BCUT2D eigenvalue weighted by Gasteiger charge is -2.36. The molecular weight excluding hydrogens is 342 g/mol. The second-order valence-electron chi connectivity index (χ2n) is 5.66. The van der Waals surface area contributed by atoms with Gasteiger partial charge in [0.25, 0.3) is 5.69 Å². The average Bonchev–Trinajstić information content (AvgIpc) is 2.60. The molecule has 0 saturated carbocycles. The van der Waals surface area contributed by atoms with Gasteiger partial charge in [0.1, 0.15) is 0 Å². The van der Waals surface area contributed by atoms with E-state index in [1.165, 1.54) is 23.6 Å². The van der Waals surface area contributed by atoms with Gasteiger partial charge in [0.2, 0.25) is 0 Å². The quantitative estimate of drug-likeness (QED) is 0.346. The number of thiocarbonyl (C=S) groups is 1. The van der Waals surface area contributed by atoms with Crippen molar-refractivity contribution in [2.24, 2.45) is 16.8 Å². The minimum absolute atomic E-state index is 0.101. The molecule has 4 unspecified atom stereocenters. The Labute approximate surface area is 150 Å². The molecule has 2 rings (SSSR count). The number of nitriles is 1. The molecule has 0 amide bonds. The summed E-state index contributed by atoms with van der Waals surface area (Å²) < 4.78 is 5.15. The molecule has 130 valence electrons. The number of nitrogens with zero attached hydrogens (tertiary/aromatic N) is 3. The van der Waals surface area contributed by atoms with Gasteiger partial charge in [0.15, 0.2) is 0 Å². The summed E-state index contributed by atoms with van der Waals surface area (Å²) in [6.45, 7) is 3.57. The van der Waals surface area contributed by atoms with Crippen LogP contribution in [0, 0.1) is 33.3 Å². The highest BCUT2D eigenvalue weighted by Gasteiger charge is 2.45. The van der Waals surface area contributed by atoms with Crippen LogP contribution >= 0.6 is 12.2 Å². The Balaban J connectivity index is 2.62. The summed E-state index contributed by atoms with van der Waals surface area (Å²) in [7, 11) is 0. The van der Waals surface area contributed by atoms with Crippen LogP contribution in [0.4, 0.5) is 5.69 Å². The molecule has 7 nitrogen and oxygen atoms in total. The number of hydrogen-bond donors (Lipinski definition) is 0. The summed E-state index contributed by atoms with van der Waals surface area (Å²) in [5, 5.41) is 22.1. The summed E-state index contributed by atoms with van der Waals surface area (Å²) >= 11 is 5.02. The molecule has 8 heteroatoms. The zero-order valence-corrected chi connectivity index (χ0v) is 14.6. The van der Waals surface area contributed by atoms with E-state index >= 15 is 0 Å². The lowest BCUT2D eigenvalue weighted by molar-refractivity contribution is -0.384. The number of benzene rings is 1. The topological polar surface area (TPSA) is 106 Å². The molecule has 0 aromatic heterocycles. The van der Waals surface area contributed by atoms with Crippen LogP contribution in [-0.4, -0.2) is 34.6 Å². The van der Waals surface area contributed by atoms with Crippen molar-refractivity contribution in [2.75, 3.05) is 6.61 Å². The molecule has 1 aliphatic rings. The number of hydrogen-bond acceptors (Lipinski definition) is 7. The molecule has 25 heavy (non-hydrogen) atoms.